The van der Waals surface area contributed by atoms with Crippen molar-refractivity contribution < 1.29 is 13.7 Å². The first-order valence-corrected chi connectivity index (χ1v) is 5.79. The first-order valence-electron chi connectivity index (χ1n) is 5.79. The smallest absolute Gasteiger partial charge is 0.271 e. The number of aromatic nitrogens is 1. The fourth-order valence-electron chi connectivity index (χ4n) is 1.69. The van der Waals surface area contributed by atoms with Crippen LogP contribution in [0.2, 0.25) is 0 Å². The van der Waals surface area contributed by atoms with E-state index in [1.807, 2.05) is 0 Å². The minimum atomic E-state index is -0.607. The van der Waals surface area contributed by atoms with Gasteiger partial charge in [-0.25, -0.2) is 8.78 Å². The molecule has 2 rings (SSSR count). The van der Waals surface area contributed by atoms with Crippen LogP contribution in [0, 0.1) is 21.7 Å². The van der Waals surface area contributed by atoms with Crippen molar-refractivity contribution in [1.29, 1.82) is 0 Å². The lowest BCUT2D eigenvalue weighted by atomic mass is 10.2. The first kappa shape index (κ1) is 13.9. The van der Waals surface area contributed by atoms with Gasteiger partial charge >= 0.3 is 0 Å². The molecule has 0 amide bonds. The van der Waals surface area contributed by atoms with Gasteiger partial charge in [-0.1, -0.05) is 0 Å². The van der Waals surface area contributed by atoms with Crippen LogP contribution in [0.25, 0.3) is 0 Å². The average Bonchev–Trinajstić information content (AvgIpc) is 2.41. The topological polar surface area (TPSA) is 68.1 Å². The van der Waals surface area contributed by atoms with E-state index in [9.17, 15) is 18.9 Å². The standard InChI is InChI=1S/C13H11F2N3O2/c1-8(12-5-2-9(14)7-16-12)17-13-6-10(18(19)20)3-4-11(13)15/h2-8,17H,1H3. The highest BCUT2D eigenvalue weighted by molar-refractivity contribution is 5.53. The van der Waals surface area contributed by atoms with E-state index in [1.54, 1.807) is 6.92 Å². The zero-order chi connectivity index (χ0) is 14.7. The molecule has 1 aromatic heterocycles. The number of nitrogens with one attached hydrogen (secondary N) is 1. The average molecular weight is 279 g/mol. The molecule has 0 aliphatic carbocycles. The van der Waals surface area contributed by atoms with Gasteiger partial charge in [0.1, 0.15) is 11.6 Å². The van der Waals surface area contributed by atoms with E-state index in [1.165, 1.54) is 12.1 Å². The van der Waals surface area contributed by atoms with E-state index >= 15 is 0 Å². The number of pyridine rings is 1. The van der Waals surface area contributed by atoms with Crippen molar-refractivity contribution in [3.05, 3.63) is 64.0 Å². The molecule has 1 aromatic carbocycles. The van der Waals surface area contributed by atoms with Crippen molar-refractivity contribution in [1.82, 2.24) is 4.98 Å². The molecular weight excluding hydrogens is 268 g/mol. The molecule has 0 saturated carbocycles. The second kappa shape index (κ2) is 5.60. The van der Waals surface area contributed by atoms with Crippen molar-refractivity contribution in [3.63, 3.8) is 0 Å². The normalized spacial score (nSPS) is 11.9. The van der Waals surface area contributed by atoms with Gasteiger partial charge in [0, 0.05) is 12.1 Å². The monoisotopic (exact) mass is 279 g/mol. The molecule has 0 aliphatic heterocycles. The fraction of sp³-hybridized carbons (Fsp3) is 0.154. The molecule has 5 nitrogen and oxygen atoms in total. The van der Waals surface area contributed by atoms with Gasteiger partial charge in [0.2, 0.25) is 0 Å². The second-order valence-electron chi connectivity index (χ2n) is 4.19. The number of halogens is 2. The summed E-state index contributed by atoms with van der Waals surface area (Å²) >= 11 is 0. The van der Waals surface area contributed by atoms with E-state index < -0.39 is 22.6 Å². The molecular formula is C13H11F2N3O2. The van der Waals surface area contributed by atoms with Crippen LogP contribution < -0.4 is 5.32 Å². The Morgan fingerprint density at radius 1 is 1.30 bits per heavy atom. The lowest BCUT2D eigenvalue weighted by Crippen LogP contribution is -2.10. The predicted octanol–water partition coefficient (Wildman–Crippen LogP) is 3.44. The maximum absolute atomic E-state index is 13.6. The maximum Gasteiger partial charge on any atom is 0.271 e. The van der Waals surface area contributed by atoms with E-state index in [-0.39, 0.29) is 11.4 Å². The molecule has 104 valence electrons. The van der Waals surface area contributed by atoms with Gasteiger partial charge in [-0.05, 0) is 25.1 Å². The van der Waals surface area contributed by atoms with E-state index in [0.29, 0.717) is 5.69 Å². The third-order valence-electron chi connectivity index (χ3n) is 2.73. The summed E-state index contributed by atoms with van der Waals surface area (Å²) in [6, 6.07) is 5.49. The summed E-state index contributed by atoms with van der Waals surface area (Å²) in [5, 5.41) is 13.4. The molecule has 0 saturated heterocycles. The Hall–Kier alpha value is -2.57. The number of rotatable bonds is 4. The summed E-state index contributed by atoms with van der Waals surface area (Å²) in [5.41, 5.74) is 0.281. The Kier molecular flexibility index (Phi) is 3.88. The highest BCUT2D eigenvalue weighted by Gasteiger charge is 2.14. The number of nitro groups is 1. The van der Waals surface area contributed by atoms with Crippen molar-refractivity contribution in [3.8, 4) is 0 Å². The zero-order valence-corrected chi connectivity index (χ0v) is 10.5. The molecule has 0 spiro atoms. The molecule has 0 radical (unpaired) electrons. The summed E-state index contributed by atoms with van der Waals surface area (Å²) in [7, 11) is 0. The quantitative estimate of drug-likeness (QED) is 0.687. The summed E-state index contributed by atoms with van der Waals surface area (Å²) in [6.07, 6.45) is 1.05. The van der Waals surface area contributed by atoms with Crippen LogP contribution in [0.15, 0.2) is 36.5 Å². The third-order valence-corrected chi connectivity index (χ3v) is 2.73. The van der Waals surface area contributed by atoms with Crippen LogP contribution in [0.1, 0.15) is 18.7 Å². The minimum absolute atomic E-state index is 0.00201. The van der Waals surface area contributed by atoms with Gasteiger partial charge in [-0.2, -0.15) is 0 Å². The molecule has 1 N–H and O–H groups in total. The van der Waals surface area contributed by atoms with Gasteiger partial charge < -0.3 is 5.32 Å². The highest BCUT2D eigenvalue weighted by Crippen LogP contribution is 2.25. The van der Waals surface area contributed by atoms with E-state index in [2.05, 4.69) is 10.3 Å². The van der Waals surface area contributed by atoms with Crippen molar-refractivity contribution in [2.45, 2.75) is 13.0 Å². The Labute approximate surface area is 113 Å². The number of anilines is 1. The number of non-ortho nitro benzene ring substituents is 1. The number of hydrogen-bond acceptors (Lipinski definition) is 4. The molecule has 0 fully saturated rings. The molecule has 2 aromatic rings. The Bertz CT molecular complexity index is 632. The number of hydrogen-bond donors (Lipinski definition) is 1. The van der Waals surface area contributed by atoms with Gasteiger partial charge in [0.15, 0.2) is 0 Å². The molecule has 1 heterocycles. The molecule has 1 atom stereocenters. The van der Waals surface area contributed by atoms with Crippen LogP contribution in [0.5, 0.6) is 0 Å². The van der Waals surface area contributed by atoms with Crippen LogP contribution in [-0.4, -0.2) is 9.91 Å². The lowest BCUT2D eigenvalue weighted by Gasteiger charge is -2.15. The Morgan fingerprint density at radius 3 is 2.65 bits per heavy atom. The maximum atomic E-state index is 13.6. The van der Waals surface area contributed by atoms with Crippen LogP contribution >= 0.6 is 0 Å². The highest BCUT2D eigenvalue weighted by atomic mass is 19.1. The van der Waals surface area contributed by atoms with E-state index in [4.69, 9.17) is 0 Å². The largest absolute Gasteiger partial charge is 0.374 e. The molecule has 1 unspecified atom stereocenters. The Morgan fingerprint density at radius 2 is 2.05 bits per heavy atom. The summed E-state index contributed by atoms with van der Waals surface area (Å²) in [5.74, 6) is -1.08. The zero-order valence-electron chi connectivity index (χ0n) is 10.5. The van der Waals surface area contributed by atoms with Crippen LogP contribution in [0.3, 0.4) is 0 Å². The molecule has 0 aliphatic rings. The summed E-state index contributed by atoms with van der Waals surface area (Å²) in [4.78, 5) is 13.9. The predicted molar refractivity (Wildman–Crippen MR) is 69.3 cm³/mol. The Balaban J connectivity index is 2.22. The van der Waals surface area contributed by atoms with Gasteiger partial charge in [-0.3, -0.25) is 15.1 Å². The lowest BCUT2D eigenvalue weighted by molar-refractivity contribution is -0.384. The van der Waals surface area contributed by atoms with Crippen molar-refractivity contribution in [2.24, 2.45) is 0 Å². The number of benzene rings is 1. The fourth-order valence-corrected chi connectivity index (χ4v) is 1.69. The minimum Gasteiger partial charge on any atom is -0.374 e. The van der Waals surface area contributed by atoms with Crippen LogP contribution in [-0.2, 0) is 0 Å². The molecule has 20 heavy (non-hydrogen) atoms. The summed E-state index contributed by atoms with van der Waals surface area (Å²) in [6.45, 7) is 1.69. The van der Waals surface area contributed by atoms with Gasteiger partial charge in [-0.15, -0.1) is 0 Å². The van der Waals surface area contributed by atoms with Crippen LogP contribution in [0.4, 0.5) is 20.2 Å². The van der Waals surface area contributed by atoms with Gasteiger partial charge in [0.25, 0.3) is 5.69 Å². The molecule has 0 bridgehead atoms. The van der Waals surface area contributed by atoms with Crippen molar-refractivity contribution in [2.75, 3.05) is 5.32 Å². The van der Waals surface area contributed by atoms with E-state index in [0.717, 1.165) is 24.4 Å². The first-order chi connectivity index (χ1) is 9.47. The number of nitrogens with zero attached hydrogens (tertiary/aromatic N) is 2. The van der Waals surface area contributed by atoms with Gasteiger partial charge in [0.05, 0.1) is 28.5 Å². The van der Waals surface area contributed by atoms with Crippen molar-refractivity contribution >= 4 is 11.4 Å². The third kappa shape index (κ3) is 3.05. The molecule has 7 heteroatoms. The summed E-state index contributed by atoms with van der Waals surface area (Å²) < 4.78 is 26.4. The number of nitro benzene ring substituents is 1. The SMILES string of the molecule is CC(Nc1cc([N+](=O)[O-])ccc1F)c1ccc(F)cn1. The second-order valence-corrected chi connectivity index (χ2v) is 4.19.